The van der Waals surface area contributed by atoms with Crippen molar-refractivity contribution in [1.29, 1.82) is 0 Å². The number of aromatic nitrogens is 1. The molecule has 0 unspecified atom stereocenters. The minimum atomic E-state index is -0.984. The summed E-state index contributed by atoms with van der Waals surface area (Å²) in [6, 6.07) is 5.86. The van der Waals surface area contributed by atoms with Gasteiger partial charge in [0.2, 0.25) is 0 Å². The van der Waals surface area contributed by atoms with Gasteiger partial charge in [-0.05, 0) is 31.2 Å². The molecule has 1 aromatic heterocycles. The Labute approximate surface area is 102 Å². The van der Waals surface area contributed by atoms with E-state index in [0.717, 1.165) is 0 Å². The lowest BCUT2D eigenvalue weighted by Gasteiger charge is -2.00. The second kappa shape index (κ2) is 4.87. The standard InChI is InChI=1S/C12H11FN2O3/c1-7-10(6-11(16)17)18-12(14-7)15-9-4-2-8(13)3-5-9/h2-5H,6H2,1H3,(H,14,15)(H,16,17). The highest BCUT2D eigenvalue weighted by Crippen LogP contribution is 2.19. The van der Waals surface area contributed by atoms with Crippen LogP contribution in [0, 0.1) is 12.7 Å². The van der Waals surface area contributed by atoms with Crippen LogP contribution in [0.4, 0.5) is 16.1 Å². The van der Waals surface area contributed by atoms with Crippen LogP contribution in [0.5, 0.6) is 0 Å². The van der Waals surface area contributed by atoms with Gasteiger partial charge in [0.05, 0.1) is 5.69 Å². The highest BCUT2D eigenvalue weighted by atomic mass is 19.1. The molecule has 0 bridgehead atoms. The highest BCUT2D eigenvalue weighted by molar-refractivity contribution is 5.69. The number of carbonyl (C=O) groups is 1. The van der Waals surface area contributed by atoms with Crippen molar-refractivity contribution >= 4 is 17.7 Å². The number of anilines is 2. The quantitative estimate of drug-likeness (QED) is 0.871. The fourth-order valence-corrected chi connectivity index (χ4v) is 1.44. The van der Waals surface area contributed by atoms with E-state index in [-0.39, 0.29) is 18.3 Å². The number of rotatable bonds is 4. The third kappa shape index (κ3) is 2.85. The van der Waals surface area contributed by atoms with Gasteiger partial charge in [0.25, 0.3) is 6.01 Å². The SMILES string of the molecule is Cc1nc(Nc2ccc(F)cc2)oc1CC(=O)O. The molecule has 2 rings (SSSR count). The van der Waals surface area contributed by atoms with E-state index in [1.165, 1.54) is 24.3 Å². The van der Waals surface area contributed by atoms with E-state index in [9.17, 15) is 9.18 Å². The summed E-state index contributed by atoms with van der Waals surface area (Å²) in [5.41, 5.74) is 1.13. The van der Waals surface area contributed by atoms with Gasteiger partial charge in [-0.25, -0.2) is 4.39 Å². The van der Waals surface area contributed by atoms with Crippen LogP contribution in [0.25, 0.3) is 0 Å². The van der Waals surface area contributed by atoms with Gasteiger partial charge < -0.3 is 14.8 Å². The van der Waals surface area contributed by atoms with Gasteiger partial charge in [0.1, 0.15) is 18.0 Å². The number of aliphatic carboxylic acids is 1. The van der Waals surface area contributed by atoms with Gasteiger partial charge in [-0.1, -0.05) is 0 Å². The summed E-state index contributed by atoms with van der Waals surface area (Å²) >= 11 is 0. The first-order chi connectivity index (χ1) is 8.54. The third-order valence-electron chi connectivity index (χ3n) is 2.30. The molecule has 0 radical (unpaired) electrons. The zero-order valence-corrected chi connectivity index (χ0v) is 9.61. The molecule has 2 N–H and O–H groups in total. The van der Waals surface area contributed by atoms with Gasteiger partial charge >= 0.3 is 5.97 Å². The fourth-order valence-electron chi connectivity index (χ4n) is 1.44. The number of carboxylic acid groups (broad SMARTS) is 1. The first-order valence-corrected chi connectivity index (χ1v) is 5.25. The van der Waals surface area contributed by atoms with Crippen molar-refractivity contribution in [3.05, 3.63) is 41.5 Å². The lowest BCUT2D eigenvalue weighted by atomic mass is 10.3. The Bertz CT molecular complexity index is 563. The first kappa shape index (κ1) is 12.1. The van der Waals surface area contributed by atoms with Gasteiger partial charge in [-0.2, -0.15) is 4.98 Å². The van der Waals surface area contributed by atoms with E-state index in [1.807, 2.05) is 0 Å². The third-order valence-corrected chi connectivity index (χ3v) is 2.30. The molecule has 94 valence electrons. The monoisotopic (exact) mass is 250 g/mol. The van der Waals surface area contributed by atoms with Crippen LogP contribution in [0.3, 0.4) is 0 Å². The summed E-state index contributed by atoms with van der Waals surface area (Å²) in [4.78, 5) is 14.6. The normalized spacial score (nSPS) is 10.3. The van der Waals surface area contributed by atoms with E-state index in [4.69, 9.17) is 9.52 Å². The number of aryl methyl sites for hydroxylation is 1. The minimum Gasteiger partial charge on any atom is -0.481 e. The zero-order valence-electron chi connectivity index (χ0n) is 9.61. The van der Waals surface area contributed by atoms with Crippen molar-refractivity contribution in [1.82, 2.24) is 4.98 Å². The van der Waals surface area contributed by atoms with E-state index in [0.29, 0.717) is 17.1 Å². The average Bonchev–Trinajstić information content (AvgIpc) is 2.62. The summed E-state index contributed by atoms with van der Waals surface area (Å²) < 4.78 is 18.0. The number of halogens is 1. The second-order valence-corrected chi connectivity index (χ2v) is 3.73. The summed E-state index contributed by atoms with van der Waals surface area (Å²) in [5.74, 6) is -1.02. The van der Waals surface area contributed by atoms with Crippen molar-refractivity contribution in [2.75, 3.05) is 5.32 Å². The topological polar surface area (TPSA) is 75.4 Å². The van der Waals surface area contributed by atoms with Gasteiger partial charge in [-0.15, -0.1) is 0 Å². The molecule has 18 heavy (non-hydrogen) atoms. The maximum Gasteiger partial charge on any atom is 0.311 e. The minimum absolute atomic E-state index is 0.190. The first-order valence-electron chi connectivity index (χ1n) is 5.25. The van der Waals surface area contributed by atoms with Crippen LogP contribution in [-0.4, -0.2) is 16.1 Å². The summed E-state index contributed by atoms with van der Waals surface area (Å²) in [6.07, 6.45) is -0.218. The Balaban J connectivity index is 2.14. The van der Waals surface area contributed by atoms with Crippen molar-refractivity contribution in [3.63, 3.8) is 0 Å². The number of hydrogen-bond acceptors (Lipinski definition) is 4. The lowest BCUT2D eigenvalue weighted by molar-refractivity contribution is -0.136. The molecule has 2 aromatic rings. The molecular formula is C12H11FN2O3. The predicted molar refractivity (Wildman–Crippen MR) is 62.3 cm³/mol. The Hall–Kier alpha value is -2.37. The Morgan fingerprint density at radius 1 is 1.44 bits per heavy atom. The van der Waals surface area contributed by atoms with E-state index in [1.54, 1.807) is 6.92 Å². The maximum atomic E-state index is 12.7. The van der Waals surface area contributed by atoms with E-state index in [2.05, 4.69) is 10.3 Å². The maximum absolute atomic E-state index is 12.7. The highest BCUT2D eigenvalue weighted by Gasteiger charge is 2.12. The molecular weight excluding hydrogens is 239 g/mol. The average molecular weight is 250 g/mol. The largest absolute Gasteiger partial charge is 0.481 e. The molecule has 0 aliphatic carbocycles. The van der Waals surface area contributed by atoms with Crippen LogP contribution >= 0.6 is 0 Å². The molecule has 0 spiro atoms. The molecule has 6 heteroatoms. The molecule has 0 atom stereocenters. The molecule has 0 amide bonds. The number of nitrogens with one attached hydrogen (secondary N) is 1. The number of oxazole rings is 1. The lowest BCUT2D eigenvalue weighted by Crippen LogP contribution is -1.99. The molecule has 0 aliphatic rings. The molecule has 0 saturated carbocycles. The van der Waals surface area contributed by atoms with Gasteiger partial charge in [0.15, 0.2) is 0 Å². The van der Waals surface area contributed by atoms with Crippen molar-refractivity contribution in [2.24, 2.45) is 0 Å². The number of hydrogen-bond donors (Lipinski definition) is 2. The van der Waals surface area contributed by atoms with Crippen LogP contribution in [0.1, 0.15) is 11.5 Å². The van der Waals surface area contributed by atoms with Gasteiger partial charge in [0, 0.05) is 5.69 Å². The Morgan fingerprint density at radius 3 is 2.72 bits per heavy atom. The smallest absolute Gasteiger partial charge is 0.311 e. The zero-order chi connectivity index (χ0) is 13.1. The number of carboxylic acids is 1. The molecule has 0 saturated heterocycles. The van der Waals surface area contributed by atoms with Crippen LogP contribution in [0.2, 0.25) is 0 Å². The van der Waals surface area contributed by atoms with Crippen molar-refractivity contribution in [3.8, 4) is 0 Å². The van der Waals surface area contributed by atoms with Crippen molar-refractivity contribution in [2.45, 2.75) is 13.3 Å². The van der Waals surface area contributed by atoms with Gasteiger partial charge in [-0.3, -0.25) is 4.79 Å². The summed E-state index contributed by atoms with van der Waals surface area (Å²) in [7, 11) is 0. The molecule has 1 heterocycles. The number of nitrogens with zero attached hydrogens (tertiary/aromatic N) is 1. The Kier molecular flexibility index (Phi) is 3.27. The Morgan fingerprint density at radius 2 is 2.11 bits per heavy atom. The van der Waals surface area contributed by atoms with Crippen LogP contribution < -0.4 is 5.32 Å². The molecule has 5 nitrogen and oxygen atoms in total. The summed E-state index contributed by atoms with van der Waals surface area (Å²) in [6.45, 7) is 1.66. The predicted octanol–water partition coefficient (Wildman–Crippen LogP) is 2.49. The fraction of sp³-hybridized carbons (Fsp3) is 0.167. The molecule has 0 fully saturated rings. The summed E-state index contributed by atoms with van der Waals surface area (Å²) in [5, 5.41) is 11.5. The van der Waals surface area contributed by atoms with Crippen molar-refractivity contribution < 1.29 is 18.7 Å². The second-order valence-electron chi connectivity index (χ2n) is 3.73. The van der Waals surface area contributed by atoms with E-state index >= 15 is 0 Å². The van der Waals surface area contributed by atoms with Crippen LogP contribution in [-0.2, 0) is 11.2 Å². The van der Waals surface area contributed by atoms with E-state index < -0.39 is 5.97 Å². The molecule has 1 aromatic carbocycles. The van der Waals surface area contributed by atoms with Crippen LogP contribution in [0.15, 0.2) is 28.7 Å². The number of benzene rings is 1. The molecule has 0 aliphatic heterocycles.